The van der Waals surface area contributed by atoms with Crippen molar-refractivity contribution in [1.82, 2.24) is 19.9 Å². The number of nitrogen functional groups attached to an aromatic ring is 1. The predicted octanol–water partition coefficient (Wildman–Crippen LogP) is 4.23. The highest BCUT2D eigenvalue weighted by Gasteiger charge is 2.24. The second-order valence-corrected chi connectivity index (χ2v) is 8.58. The van der Waals surface area contributed by atoms with E-state index in [9.17, 15) is 4.79 Å². The molecule has 34 heavy (non-hydrogen) atoms. The molecular formula is C22H19ClN6O4S. The Morgan fingerprint density at radius 3 is 2.91 bits per heavy atom. The van der Waals surface area contributed by atoms with Crippen LogP contribution in [0.1, 0.15) is 5.56 Å². The summed E-state index contributed by atoms with van der Waals surface area (Å²) in [5.74, 6) is 1.78. The van der Waals surface area contributed by atoms with Crippen LogP contribution in [-0.4, -0.2) is 38.9 Å². The van der Waals surface area contributed by atoms with Crippen LogP contribution in [-0.2, 0) is 11.3 Å². The molecule has 1 amide bonds. The summed E-state index contributed by atoms with van der Waals surface area (Å²) in [4.78, 5) is 17.2. The van der Waals surface area contributed by atoms with Crippen molar-refractivity contribution in [2.24, 2.45) is 0 Å². The maximum atomic E-state index is 12.7. The van der Waals surface area contributed by atoms with Crippen molar-refractivity contribution < 1.29 is 18.8 Å². The van der Waals surface area contributed by atoms with Gasteiger partial charge in [-0.15, -0.1) is 11.8 Å². The highest BCUT2D eigenvalue weighted by Crippen LogP contribution is 2.37. The summed E-state index contributed by atoms with van der Waals surface area (Å²) in [7, 11) is 0. The minimum absolute atomic E-state index is 0.103. The fourth-order valence-corrected chi connectivity index (χ4v) is 4.21. The van der Waals surface area contributed by atoms with Gasteiger partial charge in [-0.25, -0.2) is 4.68 Å². The van der Waals surface area contributed by atoms with Crippen LogP contribution in [0, 0.1) is 6.92 Å². The third-order valence-corrected chi connectivity index (χ3v) is 6.34. The molecule has 2 aromatic heterocycles. The van der Waals surface area contributed by atoms with Gasteiger partial charge in [0.05, 0.1) is 0 Å². The zero-order valence-electron chi connectivity index (χ0n) is 18.2. The lowest BCUT2D eigenvalue weighted by molar-refractivity contribution is -0.116. The Kier molecular flexibility index (Phi) is 5.80. The first-order valence-electron chi connectivity index (χ1n) is 10.1. The number of benzene rings is 2. The van der Waals surface area contributed by atoms with Crippen LogP contribution < -0.4 is 20.5 Å². The van der Waals surface area contributed by atoms with Crippen LogP contribution in [0.5, 0.6) is 11.5 Å². The fourth-order valence-electron chi connectivity index (χ4n) is 3.46. The summed E-state index contributed by atoms with van der Waals surface area (Å²) >= 11 is 7.50. The average Bonchev–Trinajstić information content (AvgIpc) is 3.55. The molecule has 4 aromatic rings. The van der Waals surface area contributed by atoms with E-state index in [0.717, 1.165) is 5.56 Å². The van der Waals surface area contributed by atoms with Crippen molar-refractivity contribution >= 4 is 40.8 Å². The predicted molar refractivity (Wildman–Crippen MR) is 128 cm³/mol. The average molecular weight is 499 g/mol. The van der Waals surface area contributed by atoms with Crippen molar-refractivity contribution in [3.8, 4) is 34.3 Å². The second kappa shape index (κ2) is 8.92. The van der Waals surface area contributed by atoms with E-state index in [2.05, 4.69) is 20.6 Å². The lowest BCUT2D eigenvalue weighted by Gasteiger charge is -2.10. The van der Waals surface area contributed by atoms with E-state index in [4.69, 9.17) is 31.3 Å². The summed E-state index contributed by atoms with van der Waals surface area (Å²) in [5, 5.41) is 12.5. The number of ether oxygens (including phenoxy) is 2. The standard InChI is InChI=1S/C22H19ClN6O4S/c1-11-13(23)4-3-5-14(11)25-17(30)9-29-19(24)18(22(27-29)34-2)21-26-20(28-33-21)12-6-7-15-16(8-12)32-10-31-15/h3-8H,9-10,24H2,1-2H3,(H,25,30). The van der Waals surface area contributed by atoms with E-state index < -0.39 is 0 Å². The molecule has 1 aliphatic rings. The molecule has 0 bridgehead atoms. The minimum Gasteiger partial charge on any atom is -0.454 e. The van der Waals surface area contributed by atoms with Crippen LogP contribution in [0.2, 0.25) is 5.02 Å². The normalized spacial score (nSPS) is 12.2. The van der Waals surface area contributed by atoms with Crippen molar-refractivity contribution in [2.45, 2.75) is 18.5 Å². The number of carbonyl (C=O) groups excluding carboxylic acids is 1. The summed E-state index contributed by atoms with van der Waals surface area (Å²) in [6.45, 7) is 1.90. The van der Waals surface area contributed by atoms with Gasteiger partial charge in [0, 0.05) is 16.3 Å². The highest BCUT2D eigenvalue weighted by atomic mass is 35.5. The molecule has 0 radical (unpaired) electrons. The largest absolute Gasteiger partial charge is 0.454 e. The van der Waals surface area contributed by atoms with Crippen molar-refractivity contribution in [1.29, 1.82) is 0 Å². The lowest BCUT2D eigenvalue weighted by Crippen LogP contribution is -2.21. The number of nitrogens with one attached hydrogen (secondary N) is 1. The van der Waals surface area contributed by atoms with Crippen LogP contribution in [0.15, 0.2) is 45.9 Å². The van der Waals surface area contributed by atoms with Crippen molar-refractivity contribution in [3.63, 3.8) is 0 Å². The molecule has 0 unspecified atom stereocenters. The van der Waals surface area contributed by atoms with Gasteiger partial charge in [-0.05, 0) is 49.1 Å². The smallest absolute Gasteiger partial charge is 0.264 e. The van der Waals surface area contributed by atoms with Gasteiger partial charge in [-0.3, -0.25) is 4.79 Å². The number of fused-ring (bicyclic) bond motifs is 1. The van der Waals surface area contributed by atoms with E-state index in [1.165, 1.54) is 16.4 Å². The van der Waals surface area contributed by atoms with Gasteiger partial charge < -0.3 is 25.0 Å². The van der Waals surface area contributed by atoms with Gasteiger partial charge >= 0.3 is 0 Å². The Morgan fingerprint density at radius 1 is 1.26 bits per heavy atom. The van der Waals surface area contributed by atoms with E-state index in [0.29, 0.717) is 44.2 Å². The molecule has 0 atom stereocenters. The monoisotopic (exact) mass is 498 g/mol. The Hall–Kier alpha value is -3.70. The van der Waals surface area contributed by atoms with Crippen LogP contribution >= 0.6 is 23.4 Å². The molecule has 10 nitrogen and oxygen atoms in total. The first-order valence-corrected chi connectivity index (χ1v) is 11.7. The van der Waals surface area contributed by atoms with Gasteiger partial charge in [0.1, 0.15) is 23.0 Å². The van der Waals surface area contributed by atoms with E-state index in [1.54, 1.807) is 30.3 Å². The topological polar surface area (TPSA) is 130 Å². The SMILES string of the molecule is CSc1nn(CC(=O)Nc2cccc(Cl)c2C)c(N)c1-c1nc(-c2ccc3c(c2)OCO3)no1. The van der Waals surface area contributed by atoms with Crippen LogP contribution in [0.25, 0.3) is 22.8 Å². The van der Waals surface area contributed by atoms with Gasteiger partial charge in [0.15, 0.2) is 11.5 Å². The molecule has 174 valence electrons. The Labute approximate surface area is 203 Å². The second-order valence-electron chi connectivity index (χ2n) is 7.38. The molecule has 1 aliphatic heterocycles. The number of nitrogens with two attached hydrogens (primary N) is 1. The number of carbonyl (C=O) groups is 1. The molecule has 3 N–H and O–H groups in total. The molecule has 0 saturated heterocycles. The number of thioether (sulfide) groups is 1. The maximum Gasteiger partial charge on any atom is 0.264 e. The highest BCUT2D eigenvalue weighted by molar-refractivity contribution is 7.98. The molecule has 5 rings (SSSR count). The number of rotatable bonds is 6. The number of nitrogens with zero attached hydrogens (tertiary/aromatic N) is 4. The van der Waals surface area contributed by atoms with Gasteiger partial charge in [0.2, 0.25) is 18.5 Å². The number of aromatic nitrogens is 4. The van der Waals surface area contributed by atoms with E-state index in [-0.39, 0.29) is 31.0 Å². The number of anilines is 2. The fraction of sp³-hybridized carbons (Fsp3) is 0.182. The summed E-state index contributed by atoms with van der Waals surface area (Å²) in [5.41, 5.74) is 8.92. The number of halogens is 1. The Morgan fingerprint density at radius 2 is 2.09 bits per heavy atom. The quantitative estimate of drug-likeness (QED) is 0.375. The zero-order valence-corrected chi connectivity index (χ0v) is 19.7. The van der Waals surface area contributed by atoms with Crippen molar-refractivity contribution in [3.05, 3.63) is 47.0 Å². The first-order chi connectivity index (χ1) is 16.4. The molecule has 12 heteroatoms. The van der Waals surface area contributed by atoms with E-state index in [1.807, 2.05) is 19.2 Å². The first kappa shape index (κ1) is 22.1. The summed E-state index contributed by atoms with van der Waals surface area (Å²) in [6, 6.07) is 10.7. The van der Waals surface area contributed by atoms with Gasteiger partial charge in [-0.1, -0.05) is 22.8 Å². The third-order valence-electron chi connectivity index (χ3n) is 5.26. The van der Waals surface area contributed by atoms with Crippen molar-refractivity contribution in [2.75, 3.05) is 24.1 Å². The molecular weight excluding hydrogens is 480 g/mol. The van der Waals surface area contributed by atoms with Crippen LogP contribution in [0.4, 0.5) is 11.5 Å². The van der Waals surface area contributed by atoms with Gasteiger partial charge in [-0.2, -0.15) is 10.1 Å². The summed E-state index contributed by atoms with van der Waals surface area (Å²) in [6.07, 6.45) is 1.85. The minimum atomic E-state index is -0.301. The molecule has 2 aromatic carbocycles. The molecule has 0 saturated carbocycles. The van der Waals surface area contributed by atoms with E-state index >= 15 is 0 Å². The van der Waals surface area contributed by atoms with Gasteiger partial charge in [0.25, 0.3) is 5.89 Å². The Balaban J connectivity index is 1.40. The molecule has 3 heterocycles. The summed E-state index contributed by atoms with van der Waals surface area (Å²) < 4.78 is 17.7. The maximum absolute atomic E-state index is 12.7. The molecule has 0 fully saturated rings. The Bertz CT molecular complexity index is 1400. The third kappa shape index (κ3) is 4.03. The lowest BCUT2D eigenvalue weighted by atomic mass is 10.2. The number of amides is 1. The number of hydrogen-bond donors (Lipinski definition) is 2. The van der Waals surface area contributed by atoms with Crippen LogP contribution in [0.3, 0.4) is 0 Å². The zero-order chi connectivity index (χ0) is 23.8. The molecule has 0 spiro atoms. The number of hydrogen-bond acceptors (Lipinski definition) is 9. The molecule has 0 aliphatic carbocycles.